The summed E-state index contributed by atoms with van der Waals surface area (Å²) in [5, 5.41) is 9.67. The fourth-order valence-corrected chi connectivity index (χ4v) is 2.20. The molecule has 0 saturated carbocycles. The molecule has 2 heterocycles. The van der Waals surface area contributed by atoms with E-state index in [0.29, 0.717) is 10.0 Å². The fourth-order valence-electron chi connectivity index (χ4n) is 1.28. The van der Waals surface area contributed by atoms with E-state index >= 15 is 0 Å². The van der Waals surface area contributed by atoms with Crippen LogP contribution in [0.1, 0.15) is 11.3 Å². The van der Waals surface area contributed by atoms with Gasteiger partial charge in [-0.2, -0.15) is 18.4 Å². The smallest absolute Gasteiger partial charge is 0.248 e. The SMILES string of the molecule is N#Cc1ccc(C(F)(F)F)nc1Sc1ccc(Cl)cn1. The highest BCUT2D eigenvalue weighted by Gasteiger charge is 2.33. The van der Waals surface area contributed by atoms with E-state index in [1.54, 1.807) is 12.1 Å². The first-order chi connectivity index (χ1) is 9.40. The van der Waals surface area contributed by atoms with Crippen LogP contribution in [0.5, 0.6) is 0 Å². The maximum absolute atomic E-state index is 12.6. The predicted octanol–water partition coefficient (Wildman–Crippen LogP) is 4.17. The van der Waals surface area contributed by atoms with Gasteiger partial charge in [-0.25, -0.2) is 9.97 Å². The van der Waals surface area contributed by atoms with Gasteiger partial charge in [-0.15, -0.1) is 0 Å². The lowest BCUT2D eigenvalue weighted by Gasteiger charge is -2.08. The van der Waals surface area contributed by atoms with Crippen molar-refractivity contribution < 1.29 is 13.2 Å². The van der Waals surface area contributed by atoms with Crippen LogP contribution in [0.25, 0.3) is 0 Å². The normalized spacial score (nSPS) is 11.2. The van der Waals surface area contributed by atoms with E-state index in [4.69, 9.17) is 16.9 Å². The molecule has 0 radical (unpaired) electrons. The maximum atomic E-state index is 12.6. The second kappa shape index (κ2) is 5.69. The largest absolute Gasteiger partial charge is 0.433 e. The molecular weight excluding hydrogens is 311 g/mol. The van der Waals surface area contributed by atoms with Gasteiger partial charge < -0.3 is 0 Å². The van der Waals surface area contributed by atoms with E-state index in [0.717, 1.165) is 23.9 Å². The highest BCUT2D eigenvalue weighted by Crippen LogP contribution is 2.33. The van der Waals surface area contributed by atoms with Crippen molar-refractivity contribution in [3.8, 4) is 6.07 Å². The Bertz CT molecular complexity index is 665. The zero-order valence-electron chi connectivity index (χ0n) is 9.65. The molecule has 0 aliphatic rings. The lowest BCUT2D eigenvalue weighted by molar-refractivity contribution is -0.141. The first-order valence-electron chi connectivity index (χ1n) is 5.18. The van der Waals surface area contributed by atoms with Gasteiger partial charge in [-0.05, 0) is 36.0 Å². The summed E-state index contributed by atoms with van der Waals surface area (Å²) in [5.74, 6) is 0. The summed E-state index contributed by atoms with van der Waals surface area (Å²) < 4.78 is 37.8. The Kier molecular flexibility index (Phi) is 4.16. The van der Waals surface area contributed by atoms with E-state index in [2.05, 4.69) is 9.97 Å². The van der Waals surface area contributed by atoms with E-state index in [-0.39, 0.29) is 10.6 Å². The summed E-state index contributed by atoms with van der Waals surface area (Å²) in [4.78, 5) is 7.42. The molecule has 0 fully saturated rings. The van der Waals surface area contributed by atoms with Crippen LogP contribution in [0.4, 0.5) is 13.2 Å². The van der Waals surface area contributed by atoms with Gasteiger partial charge in [0.1, 0.15) is 21.8 Å². The molecule has 0 amide bonds. The first kappa shape index (κ1) is 14.6. The van der Waals surface area contributed by atoms with Gasteiger partial charge in [0.2, 0.25) is 0 Å². The summed E-state index contributed by atoms with van der Waals surface area (Å²) >= 11 is 6.54. The van der Waals surface area contributed by atoms with E-state index in [1.807, 2.05) is 0 Å². The van der Waals surface area contributed by atoms with E-state index in [9.17, 15) is 13.2 Å². The molecule has 0 bridgehead atoms. The molecular formula is C12H5ClF3N3S. The van der Waals surface area contributed by atoms with Crippen LogP contribution in [0.2, 0.25) is 5.02 Å². The quantitative estimate of drug-likeness (QED) is 0.834. The Morgan fingerprint density at radius 3 is 2.50 bits per heavy atom. The molecule has 20 heavy (non-hydrogen) atoms. The van der Waals surface area contributed by atoms with Crippen LogP contribution in [0.15, 0.2) is 40.5 Å². The predicted molar refractivity (Wildman–Crippen MR) is 67.3 cm³/mol. The van der Waals surface area contributed by atoms with Crippen LogP contribution in [-0.4, -0.2) is 9.97 Å². The van der Waals surface area contributed by atoms with Gasteiger partial charge in [0, 0.05) is 6.20 Å². The summed E-state index contributed by atoms with van der Waals surface area (Å²) in [6.45, 7) is 0. The van der Waals surface area contributed by atoms with Gasteiger partial charge in [-0.1, -0.05) is 11.6 Å². The van der Waals surface area contributed by atoms with Crippen molar-refractivity contribution in [1.82, 2.24) is 9.97 Å². The number of hydrogen-bond acceptors (Lipinski definition) is 4. The van der Waals surface area contributed by atoms with Crippen molar-refractivity contribution in [2.75, 3.05) is 0 Å². The highest BCUT2D eigenvalue weighted by atomic mass is 35.5. The van der Waals surface area contributed by atoms with Crippen molar-refractivity contribution >= 4 is 23.4 Å². The number of alkyl halides is 3. The third kappa shape index (κ3) is 3.40. The first-order valence-corrected chi connectivity index (χ1v) is 6.37. The molecule has 0 aliphatic heterocycles. The number of nitriles is 1. The van der Waals surface area contributed by atoms with Gasteiger partial charge in [0.25, 0.3) is 0 Å². The van der Waals surface area contributed by atoms with Crippen LogP contribution in [0.3, 0.4) is 0 Å². The Balaban J connectivity index is 2.39. The van der Waals surface area contributed by atoms with Gasteiger partial charge >= 0.3 is 6.18 Å². The molecule has 0 saturated heterocycles. The van der Waals surface area contributed by atoms with Gasteiger partial charge in [-0.3, -0.25) is 0 Å². The van der Waals surface area contributed by atoms with E-state index in [1.165, 1.54) is 12.3 Å². The molecule has 2 rings (SSSR count). The molecule has 0 unspecified atom stereocenters. The second-order valence-corrected chi connectivity index (χ2v) is 5.02. The molecule has 8 heteroatoms. The molecule has 3 nitrogen and oxygen atoms in total. The van der Waals surface area contributed by atoms with Crippen LogP contribution in [-0.2, 0) is 6.18 Å². The van der Waals surface area contributed by atoms with Crippen molar-refractivity contribution in [3.05, 3.63) is 46.7 Å². The Hall–Kier alpha value is -1.78. The van der Waals surface area contributed by atoms with Gasteiger partial charge in [0.05, 0.1) is 10.6 Å². The third-order valence-corrected chi connectivity index (χ3v) is 3.35. The minimum Gasteiger partial charge on any atom is -0.248 e. The highest BCUT2D eigenvalue weighted by molar-refractivity contribution is 7.99. The van der Waals surface area contributed by atoms with Crippen molar-refractivity contribution in [1.29, 1.82) is 5.26 Å². The average Bonchev–Trinajstić information content (AvgIpc) is 2.40. The Labute approximate surface area is 121 Å². The lowest BCUT2D eigenvalue weighted by atomic mass is 10.2. The third-order valence-electron chi connectivity index (χ3n) is 2.17. The minimum atomic E-state index is -4.56. The second-order valence-electron chi connectivity index (χ2n) is 3.58. The number of halogens is 4. The van der Waals surface area contributed by atoms with Crippen LogP contribution < -0.4 is 0 Å². The van der Waals surface area contributed by atoms with Crippen molar-refractivity contribution in [2.24, 2.45) is 0 Å². The minimum absolute atomic E-state index is 0.0443. The van der Waals surface area contributed by atoms with Crippen molar-refractivity contribution in [2.45, 2.75) is 16.2 Å². The number of pyridine rings is 2. The topological polar surface area (TPSA) is 49.6 Å². The summed E-state index contributed by atoms with van der Waals surface area (Å²) in [6.07, 6.45) is -3.19. The van der Waals surface area contributed by atoms with Gasteiger partial charge in [0.15, 0.2) is 0 Å². The zero-order chi connectivity index (χ0) is 14.8. The van der Waals surface area contributed by atoms with Crippen LogP contribution in [0, 0.1) is 11.3 Å². The molecule has 0 aromatic carbocycles. The van der Waals surface area contributed by atoms with Crippen LogP contribution >= 0.6 is 23.4 Å². The number of rotatable bonds is 2. The molecule has 0 atom stereocenters. The lowest BCUT2D eigenvalue weighted by Crippen LogP contribution is -2.08. The zero-order valence-corrected chi connectivity index (χ0v) is 11.2. The summed E-state index contributed by atoms with van der Waals surface area (Å²) in [7, 11) is 0. The number of hydrogen-bond donors (Lipinski definition) is 0. The molecule has 0 aliphatic carbocycles. The van der Waals surface area contributed by atoms with E-state index < -0.39 is 11.9 Å². The molecule has 2 aromatic rings. The standard InChI is InChI=1S/C12H5ClF3N3S/c13-8-2-4-10(18-6-8)20-11-7(5-17)1-3-9(19-11)12(14,15)16/h1-4,6H. The Morgan fingerprint density at radius 1 is 1.20 bits per heavy atom. The molecule has 2 aromatic heterocycles. The monoisotopic (exact) mass is 315 g/mol. The number of nitrogens with zero attached hydrogens (tertiary/aromatic N) is 3. The molecule has 102 valence electrons. The maximum Gasteiger partial charge on any atom is 0.433 e. The summed E-state index contributed by atoms with van der Waals surface area (Å²) in [6, 6.07) is 6.76. The summed E-state index contributed by atoms with van der Waals surface area (Å²) in [5.41, 5.74) is -0.993. The Morgan fingerprint density at radius 2 is 1.95 bits per heavy atom. The average molecular weight is 316 g/mol. The fraction of sp³-hybridized carbons (Fsp3) is 0.0833. The number of aromatic nitrogens is 2. The molecule has 0 N–H and O–H groups in total. The van der Waals surface area contributed by atoms with Crippen molar-refractivity contribution in [3.63, 3.8) is 0 Å². The molecule has 0 spiro atoms.